The van der Waals surface area contributed by atoms with Crippen LogP contribution in [-0.4, -0.2) is 62.6 Å². The molecule has 6 nitrogen and oxygen atoms in total. The van der Waals surface area contributed by atoms with E-state index in [4.69, 9.17) is 9.47 Å². The van der Waals surface area contributed by atoms with Crippen molar-refractivity contribution in [3.8, 4) is 5.75 Å². The number of nitrogens with one attached hydrogen (secondary N) is 1. The van der Waals surface area contributed by atoms with Crippen molar-refractivity contribution in [2.75, 3.05) is 46.0 Å². The molecule has 23 heavy (non-hydrogen) atoms. The second kappa shape index (κ2) is 9.27. The Morgan fingerprint density at radius 2 is 2.09 bits per heavy atom. The summed E-state index contributed by atoms with van der Waals surface area (Å²) in [6, 6.07) is 6.85. The summed E-state index contributed by atoms with van der Waals surface area (Å²) in [5, 5.41) is 2.84. The van der Waals surface area contributed by atoms with Crippen LogP contribution in [0.15, 0.2) is 24.3 Å². The van der Waals surface area contributed by atoms with E-state index in [1.54, 1.807) is 24.3 Å². The van der Waals surface area contributed by atoms with Gasteiger partial charge >= 0.3 is 0 Å². The first-order valence-corrected chi connectivity index (χ1v) is 7.96. The molecule has 126 valence electrons. The summed E-state index contributed by atoms with van der Waals surface area (Å²) in [5.74, 6) is 0.351. The van der Waals surface area contributed by atoms with Gasteiger partial charge in [0.25, 0.3) is 5.91 Å². The lowest BCUT2D eigenvalue weighted by Gasteiger charge is -2.26. The molecule has 0 radical (unpaired) electrons. The van der Waals surface area contributed by atoms with Crippen molar-refractivity contribution in [1.82, 2.24) is 10.2 Å². The number of Topliss-reactive ketones (excluding diaryl/α,β-unsaturated/α-hetero) is 1. The number of morpholine rings is 1. The van der Waals surface area contributed by atoms with Crippen molar-refractivity contribution in [2.45, 2.75) is 13.3 Å². The molecule has 1 aliphatic heterocycles. The van der Waals surface area contributed by atoms with Crippen molar-refractivity contribution >= 4 is 11.7 Å². The minimum atomic E-state index is -0.153. The molecule has 1 heterocycles. The molecule has 1 N–H and O–H groups in total. The average Bonchev–Trinajstić information content (AvgIpc) is 2.58. The number of carbonyl (C=O) groups excluding carboxylic acids is 2. The quantitative estimate of drug-likeness (QED) is 0.574. The van der Waals surface area contributed by atoms with E-state index in [2.05, 4.69) is 10.2 Å². The standard InChI is InChI=1S/C17H24N2O4/c1-14(20)15-4-2-5-16(12-15)23-13-17(21)18-6-3-7-19-8-10-22-11-9-19/h2,4-5,12H,3,6-11,13H2,1H3,(H,18,21). The molecular formula is C17H24N2O4. The molecule has 1 aliphatic rings. The summed E-state index contributed by atoms with van der Waals surface area (Å²) in [6.45, 7) is 6.56. The van der Waals surface area contributed by atoms with Crippen molar-refractivity contribution in [3.05, 3.63) is 29.8 Å². The number of amides is 1. The minimum absolute atomic E-state index is 0.0250. The molecule has 1 fully saturated rings. The lowest BCUT2D eigenvalue weighted by Crippen LogP contribution is -2.38. The predicted molar refractivity (Wildman–Crippen MR) is 86.8 cm³/mol. The first kappa shape index (κ1) is 17.4. The van der Waals surface area contributed by atoms with Crippen LogP contribution in [0.4, 0.5) is 0 Å². The van der Waals surface area contributed by atoms with E-state index >= 15 is 0 Å². The molecule has 1 amide bonds. The normalized spacial score (nSPS) is 15.2. The van der Waals surface area contributed by atoms with Crippen LogP contribution in [-0.2, 0) is 9.53 Å². The van der Waals surface area contributed by atoms with Crippen LogP contribution in [0.3, 0.4) is 0 Å². The Kier molecular flexibility index (Phi) is 7.03. The van der Waals surface area contributed by atoms with E-state index in [1.807, 2.05) is 0 Å². The fourth-order valence-corrected chi connectivity index (χ4v) is 2.36. The van der Waals surface area contributed by atoms with Crippen LogP contribution >= 0.6 is 0 Å². The molecule has 6 heteroatoms. The first-order chi connectivity index (χ1) is 11.1. The van der Waals surface area contributed by atoms with Crippen LogP contribution < -0.4 is 10.1 Å². The lowest BCUT2D eigenvalue weighted by molar-refractivity contribution is -0.123. The summed E-state index contributed by atoms with van der Waals surface area (Å²) in [7, 11) is 0. The van der Waals surface area contributed by atoms with Gasteiger partial charge in [-0.25, -0.2) is 0 Å². The molecule has 0 atom stereocenters. The molecule has 0 bridgehead atoms. The topological polar surface area (TPSA) is 67.9 Å². The average molecular weight is 320 g/mol. The van der Waals surface area contributed by atoms with Gasteiger partial charge in [0.15, 0.2) is 12.4 Å². The van der Waals surface area contributed by atoms with E-state index in [0.29, 0.717) is 17.9 Å². The predicted octanol–water partition coefficient (Wildman–Crippen LogP) is 1.11. The largest absolute Gasteiger partial charge is 0.484 e. The highest BCUT2D eigenvalue weighted by Crippen LogP contribution is 2.13. The van der Waals surface area contributed by atoms with Crippen molar-refractivity contribution in [1.29, 1.82) is 0 Å². The number of carbonyl (C=O) groups is 2. The Hall–Kier alpha value is -1.92. The molecule has 0 saturated carbocycles. The second-order valence-electron chi connectivity index (χ2n) is 5.53. The Morgan fingerprint density at radius 3 is 2.83 bits per heavy atom. The third kappa shape index (κ3) is 6.38. The van der Waals surface area contributed by atoms with E-state index < -0.39 is 0 Å². The Morgan fingerprint density at radius 1 is 1.30 bits per heavy atom. The van der Waals surface area contributed by atoms with E-state index in [-0.39, 0.29) is 18.3 Å². The van der Waals surface area contributed by atoms with Crippen LogP contribution in [0.5, 0.6) is 5.75 Å². The molecule has 0 aromatic heterocycles. The highest BCUT2D eigenvalue weighted by atomic mass is 16.5. The Balaban J connectivity index is 1.61. The summed E-state index contributed by atoms with van der Waals surface area (Å²) in [6.07, 6.45) is 0.908. The van der Waals surface area contributed by atoms with Crippen molar-refractivity contribution in [2.24, 2.45) is 0 Å². The van der Waals surface area contributed by atoms with Gasteiger partial charge in [-0.3, -0.25) is 14.5 Å². The minimum Gasteiger partial charge on any atom is -0.484 e. The fourth-order valence-electron chi connectivity index (χ4n) is 2.36. The van der Waals surface area contributed by atoms with Gasteiger partial charge in [0.1, 0.15) is 5.75 Å². The van der Waals surface area contributed by atoms with Crippen LogP contribution in [0, 0.1) is 0 Å². The fraction of sp³-hybridized carbons (Fsp3) is 0.529. The van der Waals surface area contributed by atoms with Crippen molar-refractivity contribution in [3.63, 3.8) is 0 Å². The van der Waals surface area contributed by atoms with Gasteiger partial charge in [0.05, 0.1) is 13.2 Å². The van der Waals surface area contributed by atoms with E-state index in [1.165, 1.54) is 6.92 Å². The molecule has 2 rings (SSSR count). The van der Waals surface area contributed by atoms with Gasteiger partial charge in [0, 0.05) is 25.2 Å². The third-order valence-electron chi connectivity index (χ3n) is 3.69. The van der Waals surface area contributed by atoms with Gasteiger partial charge in [-0.1, -0.05) is 12.1 Å². The highest BCUT2D eigenvalue weighted by Gasteiger charge is 2.10. The maximum atomic E-state index is 11.7. The van der Waals surface area contributed by atoms with Gasteiger partial charge in [-0.15, -0.1) is 0 Å². The van der Waals surface area contributed by atoms with Crippen molar-refractivity contribution < 1.29 is 19.1 Å². The van der Waals surface area contributed by atoms with Crippen LogP contribution in [0.1, 0.15) is 23.7 Å². The van der Waals surface area contributed by atoms with Crippen LogP contribution in [0.2, 0.25) is 0 Å². The first-order valence-electron chi connectivity index (χ1n) is 7.96. The number of hydrogen-bond acceptors (Lipinski definition) is 5. The monoisotopic (exact) mass is 320 g/mol. The second-order valence-corrected chi connectivity index (χ2v) is 5.53. The zero-order chi connectivity index (χ0) is 16.5. The summed E-state index contributed by atoms with van der Waals surface area (Å²) in [5.41, 5.74) is 0.577. The summed E-state index contributed by atoms with van der Waals surface area (Å²) in [4.78, 5) is 25.4. The lowest BCUT2D eigenvalue weighted by atomic mass is 10.1. The molecule has 1 saturated heterocycles. The molecule has 0 unspecified atom stereocenters. The van der Waals surface area contributed by atoms with Gasteiger partial charge in [-0.05, 0) is 32.0 Å². The molecule has 0 aliphatic carbocycles. The number of hydrogen-bond donors (Lipinski definition) is 1. The summed E-state index contributed by atoms with van der Waals surface area (Å²) >= 11 is 0. The summed E-state index contributed by atoms with van der Waals surface area (Å²) < 4.78 is 10.7. The number of nitrogens with zero attached hydrogens (tertiary/aromatic N) is 1. The van der Waals surface area contributed by atoms with Crippen LogP contribution in [0.25, 0.3) is 0 Å². The molecule has 1 aromatic carbocycles. The third-order valence-corrected chi connectivity index (χ3v) is 3.69. The van der Waals surface area contributed by atoms with Gasteiger partial charge in [-0.2, -0.15) is 0 Å². The zero-order valence-electron chi connectivity index (χ0n) is 13.5. The molecule has 1 aromatic rings. The van der Waals surface area contributed by atoms with E-state index in [0.717, 1.165) is 39.3 Å². The molecular weight excluding hydrogens is 296 g/mol. The van der Waals surface area contributed by atoms with Gasteiger partial charge < -0.3 is 14.8 Å². The SMILES string of the molecule is CC(=O)c1cccc(OCC(=O)NCCCN2CCOCC2)c1. The Bertz CT molecular complexity index is 527. The van der Waals surface area contributed by atoms with E-state index in [9.17, 15) is 9.59 Å². The number of ketones is 1. The maximum Gasteiger partial charge on any atom is 0.257 e. The zero-order valence-corrected chi connectivity index (χ0v) is 13.5. The highest BCUT2D eigenvalue weighted by molar-refractivity contribution is 5.94. The number of rotatable bonds is 8. The molecule has 0 spiro atoms. The number of benzene rings is 1. The maximum absolute atomic E-state index is 11.7. The smallest absolute Gasteiger partial charge is 0.257 e. The number of ether oxygens (including phenoxy) is 2. The van der Waals surface area contributed by atoms with Gasteiger partial charge in [0.2, 0.25) is 0 Å². The Labute approximate surface area is 136 Å².